The summed E-state index contributed by atoms with van der Waals surface area (Å²) >= 11 is 0. The number of hydrogen-bond donors (Lipinski definition) is 0. The van der Waals surface area contributed by atoms with Crippen molar-refractivity contribution in [1.29, 1.82) is 0 Å². The molecule has 34 heavy (non-hydrogen) atoms. The van der Waals surface area contributed by atoms with Crippen LogP contribution in [-0.2, 0) is 19.0 Å². The minimum atomic E-state index is -0.645. The lowest BCUT2D eigenvalue weighted by Gasteiger charge is -2.37. The summed E-state index contributed by atoms with van der Waals surface area (Å²) in [7, 11) is 3.21. The van der Waals surface area contributed by atoms with E-state index in [-0.39, 0.29) is 18.0 Å². The molecule has 0 atom stereocenters. The zero-order chi connectivity index (χ0) is 25.2. The summed E-state index contributed by atoms with van der Waals surface area (Å²) in [4.78, 5) is 12.1. The van der Waals surface area contributed by atoms with Crippen molar-refractivity contribution >= 4 is 5.97 Å². The summed E-state index contributed by atoms with van der Waals surface area (Å²) in [6.45, 7) is 12.2. The molecule has 7 heteroatoms. The van der Waals surface area contributed by atoms with Gasteiger partial charge in [0, 0.05) is 24.0 Å². The molecule has 2 rings (SSSR count). The van der Waals surface area contributed by atoms with E-state index in [0.717, 1.165) is 19.3 Å². The van der Waals surface area contributed by atoms with Crippen molar-refractivity contribution in [3.05, 3.63) is 17.7 Å². The number of ether oxygens (including phenoxy) is 6. The van der Waals surface area contributed by atoms with Crippen LogP contribution in [0.1, 0.15) is 85.0 Å². The third-order valence-electron chi connectivity index (χ3n) is 5.85. The summed E-state index contributed by atoms with van der Waals surface area (Å²) in [6, 6.07) is 3.68. The third kappa shape index (κ3) is 8.99. The Kier molecular flexibility index (Phi) is 11.0. The topological polar surface area (TPSA) is 72.5 Å². The molecule has 1 saturated heterocycles. The molecular weight excluding hydrogens is 436 g/mol. The largest absolute Gasteiger partial charge is 0.496 e. The molecule has 1 aliphatic heterocycles. The maximum atomic E-state index is 12.1. The molecule has 1 aliphatic rings. The molecule has 1 fully saturated rings. The fraction of sp³-hybridized carbons (Fsp3) is 0.741. The second-order valence-corrected chi connectivity index (χ2v) is 10.6. The SMILES string of the molecule is CCCCCCOc1cc(OC)c(C2OCC(C)(COC(=O)CCC(C)(C)C)CO2)c(OC)c1. The number of unbranched alkanes of at least 4 members (excludes halogenated alkanes) is 3. The summed E-state index contributed by atoms with van der Waals surface area (Å²) in [5, 5.41) is 0. The maximum absolute atomic E-state index is 12.1. The van der Waals surface area contributed by atoms with Gasteiger partial charge in [0.05, 0.1) is 39.6 Å². The summed E-state index contributed by atoms with van der Waals surface area (Å²) in [6.07, 6.45) is 5.11. The molecule has 0 saturated carbocycles. The fourth-order valence-corrected chi connectivity index (χ4v) is 3.65. The number of esters is 1. The number of carbonyl (C=O) groups excluding carboxylic acids is 1. The Bertz CT molecular complexity index is 736. The van der Waals surface area contributed by atoms with E-state index in [4.69, 9.17) is 28.4 Å². The molecule has 0 N–H and O–H groups in total. The van der Waals surface area contributed by atoms with Crippen LogP contribution in [0.4, 0.5) is 0 Å². The van der Waals surface area contributed by atoms with E-state index < -0.39 is 11.7 Å². The first kappa shape index (κ1) is 28.2. The predicted molar refractivity (Wildman–Crippen MR) is 132 cm³/mol. The number of rotatable bonds is 13. The van der Waals surface area contributed by atoms with Gasteiger partial charge in [-0.05, 0) is 18.3 Å². The van der Waals surface area contributed by atoms with E-state index in [9.17, 15) is 4.79 Å². The number of methoxy groups -OCH3 is 2. The third-order valence-corrected chi connectivity index (χ3v) is 5.85. The predicted octanol–water partition coefficient (Wildman–Crippen LogP) is 6.08. The minimum Gasteiger partial charge on any atom is -0.496 e. The van der Waals surface area contributed by atoms with Gasteiger partial charge in [-0.15, -0.1) is 0 Å². The average Bonchev–Trinajstić information content (AvgIpc) is 2.81. The highest BCUT2D eigenvalue weighted by molar-refractivity contribution is 5.69. The van der Waals surface area contributed by atoms with Crippen molar-refractivity contribution in [3.63, 3.8) is 0 Å². The van der Waals surface area contributed by atoms with E-state index in [0.29, 0.717) is 49.1 Å². The molecule has 1 heterocycles. The van der Waals surface area contributed by atoms with Gasteiger partial charge in [0.25, 0.3) is 0 Å². The summed E-state index contributed by atoms with van der Waals surface area (Å²) in [5.41, 5.74) is 0.365. The highest BCUT2D eigenvalue weighted by Gasteiger charge is 2.37. The highest BCUT2D eigenvalue weighted by Crippen LogP contribution is 2.43. The summed E-state index contributed by atoms with van der Waals surface area (Å²) in [5.74, 6) is 1.68. The Labute approximate surface area is 205 Å². The standard InChI is InChI=1S/C27H44O7/c1-8-9-10-11-14-31-20-15-21(29-6)24(22(16-20)30-7)25-33-18-27(5,19-34-25)17-32-23(28)12-13-26(2,3)4/h15-16,25H,8-14,17-19H2,1-7H3. The highest BCUT2D eigenvalue weighted by atomic mass is 16.7. The molecule has 0 radical (unpaired) electrons. The lowest BCUT2D eigenvalue weighted by atomic mass is 9.90. The van der Waals surface area contributed by atoms with Crippen molar-refractivity contribution in [2.75, 3.05) is 40.6 Å². The minimum absolute atomic E-state index is 0.0982. The van der Waals surface area contributed by atoms with Gasteiger partial charge in [0.2, 0.25) is 0 Å². The van der Waals surface area contributed by atoms with Crippen molar-refractivity contribution < 1.29 is 33.2 Å². The monoisotopic (exact) mass is 480 g/mol. The van der Waals surface area contributed by atoms with Gasteiger partial charge >= 0.3 is 5.97 Å². The first-order valence-electron chi connectivity index (χ1n) is 12.4. The molecular formula is C27H44O7. The van der Waals surface area contributed by atoms with Gasteiger partial charge < -0.3 is 28.4 Å². The van der Waals surface area contributed by atoms with Crippen molar-refractivity contribution in [3.8, 4) is 17.2 Å². The molecule has 0 aromatic heterocycles. The molecule has 0 bridgehead atoms. The van der Waals surface area contributed by atoms with Crippen LogP contribution >= 0.6 is 0 Å². The van der Waals surface area contributed by atoms with Crippen molar-refractivity contribution in [2.45, 2.75) is 79.4 Å². The van der Waals surface area contributed by atoms with Crippen LogP contribution in [0.2, 0.25) is 0 Å². The average molecular weight is 481 g/mol. The lowest BCUT2D eigenvalue weighted by Crippen LogP contribution is -2.40. The van der Waals surface area contributed by atoms with Crippen LogP contribution in [0, 0.1) is 10.8 Å². The smallest absolute Gasteiger partial charge is 0.305 e. The number of carbonyl (C=O) groups is 1. The first-order chi connectivity index (χ1) is 16.1. The van der Waals surface area contributed by atoms with Crippen LogP contribution in [-0.4, -0.2) is 46.6 Å². The molecule has 0 aliphatic carbocycles. The maximum Gasteiger partial charge on any atom is 0.305 e. The first-order valence-corrected chi connectivity index (χ1v) is 12.4. The zero-order valence-corrected chi connectivity index (χ0v) is 22.2. The van der Waals surface area contributed by atoms with Crippen LogP contribution in [0.15, 0.2) is 12.1 Å². The second-order valence-electron chi connectivity index (χ2n) is 10.6. The quantitative estimate of drug-likeness (QED) is 0.250. The molecule has 194 valence electrons. The van der Waals surface area contributed by atoms with Crippen molar-refractivity contribution in [2.24, 2.45) is 10.8 Å². The fourth-order valence-electron chi connectivity index (χ4n) is 3.65. The number of hydrogen-bond acceptors (Lipinski definition) is 7. The number of benzene rings is 1. The van der Waals surface area contributed by atoms with Gasteiger partial charge in [-0.3, -0.25) is 4.79 Å². The molecule has 1 aromatic carbocycles. The molecule has 0 spiro atoms. The van der Waals surface area contributed by atoms with E-state index in [1.807, 2.05) is 19.1 Å². The van der Waals surface area contributed by atoms with Crippen LogP contribution < -0.4 is 14.2 Å². The lowest BCUT2D eigenvalue weighted by molar-refractivity contribution is -0.239. The molecule has 1 aromatic rings. The van der Waals surface area contributed by atoms with E-state index >= 15 is 0 Å². The van der Waals surface area contributed by atoms with Gasteiger partial charge in [-0.2, -0.15) is 0 Å². The van der Waals surface area contributed by atoms with Gasteiger partial charge in [-0.25, -0.2) is 0 Å². The second kappa shape index (κ2) is 13.2. The van der Waals surface area contributed by atoms with Crippen LogP contribution in [0.25, 0.3) is 0 Å². The zero-order valence-electron chi connectivity index (χ0n) is 22.2. The Hall–Kier alpha value is -1.99. The van der Waals surface area contributed by atoms with Gasteiger partial charge in [-0.1, -0.05) is 53.9 Å². The summed E-state index contributed by atoms with van der Waals surface area (Å²) < 4.78 is 34.8. The van der Waals surface area contributed by atoms with Crippen LogP contribution in [0.3, 0.4) is 0 Å². The molecule has 7 nitrogen and oxygen atoms in total. The Morgan fingerprint density at radius 1 is 1.06 bits per heavy atom. The van der Waals surface area contributed by atoms with Gasteiger partial charge in [0.15, 0.2) is 6.29 Å². The van der Waals surface area contributed by atoms with Gasteiger partial charge in [0.1, 0.15) is 23.9 Å². The molecule has 0 unspecified atom stereocenters. The Morgan fingerprint density at radius 2 is 1.68 bits per heavy atom. The van der Waals surface area contributed by atoms with Crippen LogP contribution in [0.5, 0.6) is 17.2 Å². The Balaban J connectivity index is 1.97. The van der Waals surface area contributed by atoms with Crippen molar-refractivity contribution in [1.82, 2.24) is 0 Å². The Morgan fingerprint density at radius 3 is 2.21 bits per heavy atom. The van der Waals surface area contributed by atoms with E-state index in [1.54, 1.807) is 14.2 Å². The normalized spacial score (nSPS) is 20.6. The van der Waals surface area contributed by atoms with E-state index in [1.165, 1.54) is 12.8 Å². The van der Waals surface area contributed by atoms with E-state index in [2.05, 4.69) is 27.7 Å². The molecule has 0 amide bonds.